The molecule has 1 saturated carbocycles. The molecule has 18 heavy (non-hydrogen) atoms. The molecule has 0 amide bonds. The second-order valence-corrected chi connectivity index (χ2v) is 4.92. The molecule has 0 spiro atoms. The van der Waals surface area contributed by atoms with E-state index in [0.29, 0.717) is 18.5 Å². The van der Waals surface area contributed by atoms with Crippen LogP contribution in [0.5, 0.6) is 0 Å². The van der Waals surface area contributed by atoms with Crippen molar-refractivity contribution in [1.29, 1.82) is 0 Å². The molecule has 0 aromatic heterocycles. The molecule has 1 aromatic rings. The molecule has 0 heterocycles. The van der Waals surface area contributed by atoms with Crippen molar-refractivity contribution in [2.45, 2.75) is 37.6 Å². The number of hydrogen-bond acceptors (Lipinski definition) is 3. The highest BCUT2D eigenvalue weighted by molar-refractivity contribution is 5.71. The van der Waals surface area contributed by atoms with E-state index in [4.69, 9.17) is 0 Å². The molecular weight excluding hydrogens is 226 g/mol. The summed E-state index contributed by atoms with van der Waals surface area (Å²) in [7, 11) is 1.43. The number of hydrogen-bond donors (Lipinski definition) is 1. The van der Waals surface area contributed by atoms with Crippen LogP contribution in [-0.2, 0) is 9.53 Å². The van der Waals surface area contributed by atoms with Gasteiger partial charge in [0, 0.05) is 6.04 Å². The number of nitrogens with one attached hydrogen (secondary N) is 1. The molecule has 1 aliphatic carbocycles. The van der Waals surface area contributed by atoms with Gasteiger partial charge in [-0.25, -0.2) is 0 Å². The first-order valence-electron chi connectivity index (χ1n) is 6.64. The largest absolute Gasteiger partial charge is 0.468 e. The number of benzene rings is 1. The van der Waals surface area contributed by atoms with Crippen LogP contribution >= 0.6 is 0 Å². The van der Waals surface area contributed by atoms with E-state index >= 15 is 0 Å². The first-order chi connectivity index (χ1) is 8.79. The predicted molar refractivity (Wildman–Crippen MR) is 71.5 cm³/mol. The summed E-state index contributed by atoms with van der Waals surface area (Å²) in [5.74, 6) is 0.502. The average Bonchev–Trinajstić information content (AvgIpc) is 2.46. The van der Waals surface area contributed by atoms with Gasteiger partial charge in [0.2, 0.25) is 0 Å². The maximum absolute atomic E-state index is 11.1. The molecule has 0 saturated heterocycles. The average molecular weight is 247 g/mol. The summed E-state index contributed by atoms with van der Waals surface area (Å²) >= 11 is 0. The Kier molecular flexibility index (Phi) is 4.76. The molecule has 0 atom stereocenters. The fourth-order valence-corrected chi connectivity index (χ4v) is 2.66. The zero-order valence-electron chi connectivity index (χ0n) is 10.9. The lowest BCUT2D eigenvalue weighted by molar-refractivity contribution is -0.139. The topological polar surface area (TPSA) is 38.3 Å². The van der Waals surface area contributed by atoms with E-state index in [9.17, 15) is 4.79 Å². The fourth-order valence-electron chi connectivity index (χ4n) is 2.66. The highest BCUT2D eigenvalue weighted by atomic mass is 16.5. The SMILES string of the molecule is COC(=O)CNC1CCC(c2ccccc2)CC1. The van der Waals surface area contributed by atoms with Crippen LogP contribution < -0.4 is 5.32 Å². The number of carbonyl (C=O) groups is 1. The molecule has 0 bridgehead atoms. The third-order valence-corrected chi connectivity index (χ3v) is 3.76. The molecule has 3 nitrogen and oxygen atoms in total. The monoisotopic (exact) mass is 247 g/mol. The van der Waals surface area contributed by atoms with Gasteiger partial charge in [0.15, 0.2) is 0 Å². The maximum Gasteiger partial charge on any atom is 0.319 e. The zero-order valence-corrected chi connectivity index (χ0v) is 10.9. The number of carbonyl (C=O) groups excluding carboxylic acids is 1. The summed E-state index contributed by atoms with van der Waals surface area (Å²) in [6.45, 7) is 0.331. The van der Waals surface area contributed by atoms with E-state index in [2.05, 4.69) is 40.4 Å². The Bertz CT molecular complexity index is 369. The van der Waals surface area contributed by atoms with E-state index in [-0.39, 0.29) is 5.97 Å². The van der Waals surface area contributed by atoms with Gasteiger partial charge >= 0.3 is 5.97 Å². The Morgan fingerprint density at radius 2 is 1.89 bits per heavy atom. The summed E-state index contributed by atoms with van der Waals surface area (Å²) in [5, 5.41) is 3.27. The van der Waals surface area contributed by atoms with Gasteiger partial charge in [0.05, 0.1) is 13.7 Å². The summed E-state index contributed by atoms with van der Waals surface area (Å²) in [4.78, 5) is 11.1. The van der Waals surface area contributed by atoms with Crippen LogP contribution in [0.3, 0.4) is 0 Å². The minimum Gasteiger partial charge on any atom is -0.468 e. The van der Waals surface area contributed by atoms with Crippen molar-refractivity contribution in [2.75, 3.05) is 13.7 Å². The van der Waals surface area contributed by atoms with Crippen molar-refractivity contribution in [3.63, 3.8) is 0 Å². The normalized spacial score (nSPS) is 23.6. The third kappa shape index (κ3) is 3.57. The first kappa shape index (κ1) is 13.1. The Balaban J connectivity index is 1.76. The molecule has 0 aliphatic heterocycles. The fraction of sp³-hybridized carbons (Fsp3) is 0.533. The van der Waals surface area contributed by atoms with Crippen molar-refractivity contribution in [2.24, 2.45) is 0 Å². The van der Waals surface area contributed by atoms with Crippen molar-refractivity contribution in [3.05, 3.63) is 35.9 Å². The second kappa shape index (κ2) is 6.55. The van der Waals surface area contributed by atoms with E-state index in [1.165, 1.54) is 25.5 Å². The highest BCUT2D eigenvalue weighted by Crippen LogP contribution is 2.32. The van der Waals surface area contributed by atoms with Crippen LogP contribution in [-0.4, -0.2) is 25.7 Å². The minimum absolute atomic E-state index is 0.180. The zero-order chi connectivity index (χ0) is 12.8. The smallest absolute Gasteiger partial charge is 0.319 e. The van der Waals surface area contributed by atoms with Crippen molar-refractivity contribution in [1.82, 2.24) is 5.32 Å². The summed E-state index contributed by atoms with van der Waals surface area (Å²) in [5.41, 5.74) is 1.45. The van der Waals surface area contributed by atoms with Gasteiger partial charge < -0.3 is 10.1 Å². The molecule has 1 fully saturated rings. The molecule has 98 valence electrons. The van der Waals surface area contributed by atoms with Gasteiger partial charge in [-0.3, -0.25) is 4.79 Å². The first-order valence-corrected chi connectivity index (χ1v) is 6.64. The molecule has 1 aliphatic rings. The molecule has 0 radical (unpaired) electrons. The third-order valence-electron chi connectivity index (χ3n) is 3.76. The Labute approximate surface area is 109 Å². The van der Waals surface area contributed by atoms with Gasteiger partial charge in [-0.1, -0.05) is 30.3 Å². The van der Waals surface area contributed by atoms with E-state index in [1.807, 2.05) is 0 Å². The Morgan fingerprint density at radius 1 is 1.22 bits per heavy atom. The van der Waals surface area contributed by atoms with Crippen LogP contribution in [0.1, 0.15) is 37.2 Å². The molecule has 2 rings (SSSR count). The van der Waals surface area contributed by atoms with E-state index in [0.717, 1.165) is 12.8 Å². The van der Waals surface area contributed by atoms with Gasteiger partial charge in [-0.05, 0) is 37.2 Å². The van der Waals surface area contributed by atoms with E-state index in [1.54, 1.807) is 0 Å². The lowest BCUT2D eigenvalue weighted by atomic mass is 9.82. The van der Waals surface area contributed by atoms with Crippen LogP contribution in [0.4, 0.5) is 0 Å². The maximum atomic E-state index is 11.1. The van der Waals surface area contributed by atoms with Gasteiger partial charge in [-0.2, -0.15) is 0 Å². The van der Waals surface area contributed by atoms with Crippen molar-refractivity contribution >= 4 is 5.97 Å². The van der Waals surface area contributed by atoms with Crippen LogP contribution in [0.2, 0.25) is 0 Å². The highest BCUT2D eigenvalue weighted by Gasteiger charge is 2.22. The van der Waals surface area contributed by atoms with Crippen molar-refractivity contribution < 1.29 is 9.53 Å². The quantitative estimate of drug-likeness (QED) is 0.831. The summed E-state index contributed by atoms with van der Waals surface area (Å²) in [6, 6.07) is 11.2. The Hall–Kier alpha value is -1.35. The summed E-state index contributed by atoms with van der Waals surface area (Å²) in [6.07, 6.45) is 4.67. The standard InChI is InChI=1S/C15H21NO2/c1-18-15(17)11-16-14-9-7-13(8-10-14)12-5-3-2-4-6-12/h2-6,13-14,16H,7-11H2,1H3. The van der Waals surface area contributed by atoms with Crippen LogP contribution in [0.15, 0.2) is 30.3 Å². The van der Waals surface area contributed by atoms with Gasteiger partial charge in [-0.15, -0.1) is 0 Å². The number of methoxy groups -OCH3 is 1. The van der Waals surface area contributed by atoms with Crippen LogP contribution in [0.25, 0.3) is 0 Å². The minimum atomic E-state index is -0.180. The number of esters is 1. The van der Waals surface area contributed by atoms with Gasteiger partial charge in [0.1, 0.15) is 0 Å². The van der Waals surface area contributed by atoms with Crippen LogP contribution in [0, 0.1) is 0 Å². The molecule has 1 aromatic carbocycles. The summed E-state index contributed by atoms with van der Waals surface area (Å²) < 4.78 is 4.63. The molecular formula is C15H21NO2. The number of ether oxygens (including phenoxy) is 1. The molecule has 0 unspecified atom stereocenters. The molecule has 3 heteroatoms. The van der Waals surface area contributed by atoms with E-state index < -0.39 is 0 Å². The molecule has 1 N–H and O–H groups in total. The van der Waals surface area contributed by atoms with Gasteiger partial charge in [0.25, 0.3) is 0 Å². The lowest BCUT2D eigenvalue weighted by Crippen LogP contribution is -2.36. The lowest BCUT2D eigenvalue weighted by Gasteiger charge is -2.29. The second-order valence-electron chi connectivity index (χ2n) is 4.92. The predicted octanol–water partition coefficient (Wildman–Crippen LogP) is 2.48. The number of rotatable bonds is 4. The Morgan fingerprint density at radius 3 is 2.50 bits per heavy atom. The van der Waals surface area contributed by atoms with Crippen molar-refractivity contribution in [3.8, 4) is 0 Å².